The minimum absolute atomic E-state index is 0.391. The fourth-order valence-corrected chi connectivity index (χ4v) is 2.15. The second-order valence-corrected chi connectivity index (χ2v) is 4.79. The van der Waals surface area contributed by atoms with Crippen LogP contribution in [-0.2, 0) is 4.74 Å². The summed E-state index contributed by atoms with van der Waals surface area (Å²) in [6, 6.07) is 14.6. The number of esters is 1. The number of carbonyl (C=O) groups is 1. The van der Waals surface area contributed by atoms with Crippen LogP contribution >= 0.6 is 15.9 Å². The van der Waals surface area contributed by atoms with Crippen LogP contribution in [0.25, 0.3) is 11.1 Å². The van der Waals surface area contributed by atoms with Gasteiger partial charge in [-0.25, -0.2) is 4.79 Å². The van der Waals surface area contributed by atoms with Gasteiger partial charge in [0.2, 0.25) is 0 Å². The van der Waals surface area contributed by atoms with Gasteiger partial charge in [0, 0.05) is 4.47 Å². The van der Waals surface area contributed by atoms with Crippen LogP contribution in [0, 0.1) is 11.3 Å². The Bertz CT molecular complexity index is 674. The zero-order valence-electron chi connectivity index (χ0n) is 10.2. The second kappa shape index (κ2) is 5.68. The molecule has 3 nitrogen and oxygen atoms in total. The minimum atomic E-state index is -0.391. The maximum atomic E-state index is 11.5. The number of methoxy groups -OCH3 is 1. The van der Waals surface area contributed by atoms with Gasteiger partial charge in [-0.1, -0.05) is 34.1 Å². The first kappa shape index (κ1) is 13.3. The summed E-state index contributed by atoms with van der Waals surface area (Å²) in [5.74, 6) is -0.391. The van der Waals surface area contributed by atoms with E-state index in [-0.39, 0.29) is 0 Å². The Morgan fingerprint density at radius 1 is 1.26 bits per heavy atom. The van der Waals surface area contributed by atoms with Gasteiger partial charge in [0.25, 0.3) is 0 Å². The van der Waals surface area contributed by atoms with Crippen LogP contribution < -0.4 is 0 Å². The molecule has 0 amide bonds. The molecule has 2 aromatic carbocycles. The normalized spacial score (nSPS) is 9.74. The number of hydrogen-bond donors (Lipinski definition) is 0. The molecule has 0 aliphatic heterocycles. The standard InChI is InChI=1S/C15H10BrNO2/c1-19-15(18)11-4-2-3-10(7-11)14-6-5-13(16)8-12(14)9-17/h2-8H,1H3. The molecule has 0 radical (unpaired) electrons. The Balaban J connectivity index is 2.54. The first-order chi connectivity index (χ1) is 9.15. The third-order valence-electron chi connectivity index (χ3n) is 2.70. The van der Waals surface area contributed by atoms with Crippen LogP contribution in [0.4, 0.5) is 0 Å². The zero-order valence-corrected chi connectivity index (χ0v) is 11.8. The van der Waals surface area contributed by atoms with Gasteiger partial charge in [-0.3, -0.25) is 0 Å². The van der Waals surface area contributed by atoms with E-state index >= 15 is 0 Å². The number of nitrogens with zero attached hydrogens (tertiary/aromatic N) is 1. The van der Waals surface area contributed by atoms with Crippen molar-refractivity contribution >= 4 is 21.9 Å². The SMILES string of the molecule is COC(=O)c1cccc(-c2ccc(Br)cc2C#N)c1. The highest BCUT2D eigenvalue weighted by atomic mass is 79.9. The Hall–Kier alpha value is -2.12. The van der Waals surface area contributed by atoms with Gasteiger partial charge < -0.3 is 4.74 Å². The van der Waals surface area contributed by atoms with Crippen molar-refractivity contribution in [2.45, 2.75) is 0 Å². The molecule has 2 aromatic rings. The van der Waals surface area contributed by atoms with E-state index in [1.807, 2.05) is 18.2 Å². The van der Waals surface area contributed by atoms with Crippen molar-refractivity contribution in [3.8, 4) is 17.2 Å². The number of rotatable bonds is 2. The number of halogens is 1. The molecule has 0 aliphatic carbocycles. The molecule has 0 fully saturated rings. The van der Waals surface area contributed by atoms with E-state index < -0.39 is 5.97 Å². The summed E-state index contributed by atoms with van der Waals surface area (Å²) in [7, 11) is 1.34. The predicted molar refractivity (Wildman–Crippen MR) is 75.6 cm³/mol. The molecule has 0 aromatic heterocycles. The van der Waals surface area contributed by atoms with Crippen LogP contribution in [0.3, 0.4) is 0 Å². The van der Waals surface area contributed by atoms with Gasteiger partial charge in [-0.2, -0.15) is 5.26 Å². The molecule has 0 heterocycles. The molecular weight excluding hydrogens is 306 g/mol. The van der Waals surface area contributed by atoms with Gasteiger partial charge in [0.05, 0.1) is 24.3 Å². The van der Waals surface area contributed by atoms with E-state index in [9.17, 15) is 4.79 Å². The van der Waals surface area contributed by atoms with E-state index in [1.54, 1.807) is 24.3 Å². The van der Waals surface area contributed by atoms with Crippen LogP contribution in [0.2, 0.25) is 0 Å². The average Bonchev–Trinajstić information content (AvgIpc) is 2.46. The molecule has 0 atom stereocenters. The van der Waals surface area contributed by atoms with E-state index in [1.165, 1.54) is 7.11 Å². The van der Waals surface area contributed by atoms with E-state index in [0.29, 0.717) is 11.1 Å². The third-order valence-corrected chi connectivity index (χ3v) is 3.19. The number of carbonyl (C=O) groups excluding carboxylic acids is 1. The van der Waals surface area contributed by atoms with Gasteiger partial charge in [-0.15, -0.1) is 0 Å². The van der Waals surface area contributed by atoms with Crippen LogP contribution in [0.5, 0.6) is 0 Å². The fourth-order valence-electron chi connectivity index (χ4n) is 1.79. The highest BCUT2D eigenvalue weighted by Crippen LogP contribution is 2.27. The molecule has 94 valence electrons. The topological polar surface area (TPSA) is 50.1 Å². The molecule has 4 heteroatoms. The van der Waals surface area contributed by atoms with E-state index in [0.717, 1.165) is 15.6 Å². The third kappa shape index (κ3) is 2.83. The molecule has 0 bridgehead atoms. The Morgan fingerprint density at radius 3 is 2.74 bits per heavy atom. The Morgan fingerprint density at radius 2 is 2.05 bits per heavy atom. The summed E-state index contributed by atoms with van der Waals surface area (Å²) < 4.78 is 5.54. The maximum Gasteiger partial charge on any atom is 0.337 e. The summed E-state index contributed by atoms with van der Waals surface area (Å²) in [6.45, 7) is 0. The van der Waals surface area contributed by atoms with Crippen LogP contribution in [0.1, 0.15) is 15.9 Å². The van der Waals surface area contributed by atoms with E-state index in [4.69, 9.17) is 10.00 Å². The lowest BCUT2D eigenvalue weighted by atomic mass is 9.99. The number of hydrogen-bond acceptors (Lipinski definition) is 3. The Labute approximate surface area is 119 Å². The molecule has 0 aliphatic rings. The fraction of sp³-hybridized carbons (Fsp3) is 0.0667. The minimum Gasteiger partial charge on any atom is -0.465 e. The number of benzene rings is 2. The zero-order chi connectivity index (χ0) is 13.8. The number of ether oxygens (including phenoxy) is 1. The van der Waals surface area contributed by atoms with Crippen molar-refractivity contribution in [1.29, 1.82) is 5.26 Å². The van der Waals surface area contributed by atoms with Gasteiger partial charge >= 0.3 is 5.97 Å². The second-order valence-electron chi connectivity index (χ2n) is 3.87. The van der Waals surface area contributed by atoms with Crippen LogP contribution in [-0.4, -0.2) is 13.1 Å². The van der Waals surface area contributed by atoms with Crippen molar-refractivity contribution in [3.05, 3.63) is 58.1 Å². The largest absolute Gasteiger partial charge is 0.465 e. The molecule has 0 unspecified atom stereocenters. The molecule has 0 spiro atoms. The summed E-state index contributed by atoms with van der Waals surface area (Å²) in [5, 5.41) is 9.17. The molecule has 0 saturated heterocycles. The quantitative estimate of drug-likeness (QED) is 0.792. The monoisotopic (exact) mass is 315 g/mol. The first-order valence-electron chi connectivity index (χ1n) is 5.54. The van der Waals surface area contributed by atoms with Crippen molar-refractivity contribution in [2.24, 2.45) is 0 Å². The molecule has 2 rings (SSSR count). The van der Waals surface area contributed by atoms with E-state index in [2.05, 4.69) is 22.0 Å². The lowest BCUT2D eigenvalue weighted by molar-refractivity contribution is 0.0601. The summed E-state index contributed by atoms with van der Waals surface area (Å²) in [6.07, 6.45) is 0. The number of nitriles is 1. The lowest BCUT2D eigenvalue weighted by Gasteiger charge is -2.06. The highest BCUT2D eigenvalue weighted by molar-refractivity contribution is 9.10. The average molecular weight is 316 g/mol. The van der Waals surface area contributed by atoms with Crippen molar-refractivity contribution in [1.82, 2.24) is 0 Å². The van der Waals surface area contributed by atoms with Crippen LogP contribution in [0.15, 0.2) is 46.9 Å². The maximum absolute atomic E-state index is 11.5. The van der Waals surface area contributed by atoms with Gasteiger partial charge in [-0.05, 0) is 35.4 Å². The smallest absolute Gasteiger partial charge is 0.337 e. The molecular formula is C15H10BrNO2. The molecule has 0 saturated carbocycles. The predicted octanol–water partition coefficient (Wildman–Crippen LogP) is 3.77. The summed E-state index contributed by atoms with van der Waals surface area (Å²) in [4.78, 5) is 11.5. The summed E-state index contributed by atoms with van der Waals surface area (Å²) in [5.41, 5.74) is 2.62. The summed E-state index contributed by atoms with van der Waals surface area (Å²) >= 11 is 3.33. The van der Waals surface area contributed by atoms with Gasteiger partial charge in [0.1, 0.15) is 0 Å². The van der Waals surface area contributed by atoms with Crippen molar-refractivity contribution < 1.29 is 9.53 Å². The highest BCUT2D eigenvalue weighted by Gasteiger charge is 2.09. The van der Waals surface area contributed by atoms with Crippen molar-refractivity contribution in [2.75, 3.05) is 7.11 Å². The molecule has 0 N–H and O–H groups in total. The lowest BCUT2D eigenvalue weighted by Crippen LogP contribution is -2.00. The molecule has 19 heavy (non-hydrogen) atoms. The first-order valence-corrected chi connectivity index (χ1v) is 6.33. The van der Waals surface area contributed by atoms with Crippen molar-refractivity contribution in [3.63, 3.8) is 0 Å². The van der Waals surface area contributed by atoms with Gasteiger partial charge in [0.15, 0.2) is 0 Å². The Kier molecular flexibility index (Phi) is 3.98.